The Morgan fingerprint density at radius 2 is 1.20 bits per heavy atom. The summed E-state index contributed by atoms with van der Waals surface area (Å²) in [4.78, 5) is 11.8. The Morgan fingerprint density at radius 1 is 0.800 bits per heavy atom. The molecule has 4 saturated heterocycles. The number of aromatic nitrogens is 2. The van der Waals surface area contributed by atoms with Crippen molar-refractivity contribution in [3.8, 4) is 6.07 Å². The molecular formula is C30H32Br2F6N6S. The number of hydrogen-bond donors (Lipinski definition) is 1. The van der Waals surface area contributed by atoms with Gasteiger partial charge in [-0.2, -0.15) is 31.6 Å². The molecule has 0 aromatic carbocycles. The van der Waals surface area contributed by atoms with Crippen molar-refractivity contribution >= 4 is 49.1 Å². The second-order valence-electron chi connectivity index (χ2n) is 12.6. The minimum Gasteiger partial charge on any atom is -0.393 e. The molecule has 244 valence electrons. The zero-order valence-corrected chi connectivity index (χ0v) is 28.1. The summed E-state index contributed by atoms with van der Waals surface area (Å²) in [5.74, 6) is 0. The van der Waals surface area contributed by atoms with Crippen molar-refractivity contribution in [3.63, 3.8) is 0 Å². The van der Waals surface area contributed by atoms with Crippen molar-refractivity contribution in [3.05, 3.63) is 57.0 Å². The van der Waals surface area contributed by atoms with E-state index in [-0.39, 0.29) is 24.2 Å². The van der Waals surface area contributed by atoms with Gasteiger partial charge in [0.15, 0.2) is 0 Å². The van der Waals surface area contributed by atoms with Gasteiger partial charge < -0.3 is 5.73 Å². The molecule has 0 amide bonds. The van der Waals surface area contributed by atoms with Crippen molar-refractivity contribution in [2.24, 2.45) is 5.73 Å². The lowest BCUT2D eigenvalue weighted by Gasteiger charge is -2.46. The highest BCUT2D eigenvalue weighted by Gasteiger charge is 2.54. The Kier molecular flexibility index (Phi) is 9.94. The van der Waals surface area contributed by atoms with Crippen molar-refractivity contribution in [2.75, 3.05) is 13.1 Å². The molecule has 6 nitrogen and oxygen atoms in total. The molecule has 6 heterocycles. The maximum absolute atomic E-state index is 12.8. The van der Waals surface area contributed by atoms with E-state index in [2.05, 4.69) is 47.9 Å². The van der Waals surface area contributed by atoms with Crippen LogP contribution in [0, 0.1) is 11.3 Å². The third-order valence-electron chi connectivity index (χ3n) is 9.80. The average molecular weight is 782 g/mol. The number of nitriles is 1. The van der Waals surface area contributed by atoms with Crippen LogP contribution in [0.4, 0.5) is 26.3 Å². The minimum atomic E-state index is -4.19. The molecule has 2 N–H and O–H groups in total. The first-order chi connectivity index (χ1) is 21.0. The van der Waals surface area contributed by atoms with E-state index in [1.54, 1.807) is 34.6 Å². The highest BCUT2D eigenvalue weighted by Crippen LogP contribution is 2.49. The predicted molar refractivity (Wildman–Crippen MR) is 167 cm³/mol. The van der Waals surface area contributed by atoms with Gasteiger partial charge in [-0.1, -0.05) is 12.2 Å². The molecular weight excluding hydrogens is 750 g/mol. The van der Waals surface area contributed by atoms with Gasteiger partial charge in [-0.15, -0.1) is 0 Å². The molecule has 2 aromatic heterocycles. The van der Waals surface area contributed by atoms with Crippen molar-refractivity contribution in [1.29, 1.82) is 5.26 Å². The first kappa shape index (κ1) is 34.5. The van der Waals surface area contributed by atoms with E-state index in [9.17, 15) is 31.6 Å². The third kappa shape index (κ3) is 7.50. The molecule has 2 unspecified atom stereocenters. The zero-order valence-electron chi connectivity index (χ0n) is 24.1. The molecule has 2 aromatic rings. The number of alkyl halides is 6. The number of nitrogens with two attached hydrogens (primary N) is 1. The maximum Gasteiger partial charge on any atom is 0.401 e. The van der Waals surface area contributed by atoms with E-state index in [0.717, 1.165) is 45.8 Å². The summed E-state index contributed by atoms with van der Waals surface area (Å²) in [6.07, 6.45) is 3.22. The second-order valence-corrected chi connectivity index (χ2v) is 14.9. The van der Waals surface area contributed by atoms with Crippen LogP contribution in [0.3, 0.4) is 0 Å². The van der Waals surface area contributed by atoms with Crippen LogP contribution >= 0.6 is 44.1 Å². The molecule has 4 bridgehead atoms. The van der Waals surface area contributed by atoms with E-state index in [1.165, 1.54) is 0 Å². The summed E-state index contributed by atoms with van der Waals surface area (Å²) >= 11 is 12.1. The summed E-state index contributed by atoms with van der Waals surface area (Å²) in [5, 5.41) is 9.73. The number of nitrogens with zero attached hydrogens (tertiary/aromatic N) is 5. The average Bonchev–Trinajstić information content (AvgIpc) is 3.31. The maximum atomic E-state index is 12.8. The molecule has 0 radical (unpaired) electrons. The number of thiocarbonyl (C=S) groups is 1. The van der Waals surface area contributed by atoms with E-state index in [4.69, 9.17) is 18.0 Å². The van der Waals surface area contributed by atoms with Gasteiger partial charge in [0, 0.05) is 63.3 Å². The molecule has 4 aliphatic heterocycles. The topological polar surface area (TPSA) is 82.1 Å². The van der Waals surface area contributed by atoms with Crippen LogP contribution < -0.4 is 5.73 Å². The van der Waals surface area contributed by atoms with E-state index < -0.39 is 36.3 Å². The lowest BCUT2D eigenvalue weighted by Crippen LogP contribution is -2.56. The molecule has 6 atom stereocenters. The van der Waals surface area contributed by atoms with Gasteiger partial charge in [-0.05, 0) is 106 Å². The Labute approximate surface area is 280 Å². The molecule has 4 aliphatic rings. The van der Waals surface area contributed by atoms with Crippen LogP contribution in [0.2, 0.25) is 0 Å². The number of fused-ring (bicyclic) bond motifs is 4. The SMILES string of the molecule is N#CC1(c2cncc(Br)c2)C[C@H]2CC[C@@H](C1)N2CC(F)(F)F.NC(=S)C1(c2cncc(Br)c2)C[C@H]2CC[C@@H](C1)N2CC(F)(F)F. The van der Waals surface area contributed by atoms with Crippen LogP contribution in [0.5, 0.6) is 0 Å². The third-order valence-corrected chi connectivity index (χ3v) is 11.1. The highest BCUT2D eigenvalue weighted by atomic mass is 79.9. The van der Waals surface area contributed by atoms with Crippen LogP contribution in [-0.4, -0.2) is 74.4 Å². The van der Waals surface area contributed by atoms with Crippen LogP contribution in [0.1, 0.15) is 62.5 Å². The van der Waals surface area contributed by atoms with Crippen LogP contribution in [0.25, 0.3) is 0 Å². The number of hydrogen-bond acceptors (Lipinski definition) is 6. The van der Waals surface area contributed by atoms with E-state index in [1.807, 2.05) is 12.1 Å². The Hall–Kier alpha value is -1.86. The summed E-state index contributed by atoms with van der Waals surface area (Å²) in [6.45, 7) is -1.73. The smallest absolute Gasteiger partial charge is 0.393 e. The largest absolute Gasteiger partial charge is 0.401 e. The molecule has 45 heavy (non-hydrogen) atoms. The standard InChI is InChI=1S/C15H17BrF3N3S.C15H15BrF3N3/c16-10-3-9(6-21-7-10)14(13(20)23)4-11-1-2-12(5-14)22(11)8-15(17,18)19;16-11-3-10(6-21-7-11)14(8-20)4-12-1-2-13(5-14)22(12)9-15(17,18)19/h3,6-7,11-12H,1-2,4-5,8H2,(H2,20,23);3,6-7,12-13H,1-2,4-5,9H2/t11-,12+,14?;12-,13+,14?. The molecule has 0 spiro atoms. The summed E-state index contributed by atoms with van der Waals surface area (Å²) in [5.41, 5.74) is 6.45. The Bertz CT molecular complexity index is 1420. The Balaban J connectivity index is 0.000000178. The normalized spacial score (nSPS) is 31.6. The fourth-order valence-corrected chi connectivity index (χ4v) is 8.94. The van der Waals surface area contributed by atoms with Crippen molar-refractivity contribution in [1.82, 2.24) is 19.8 Å². The lowest BCUT2D eigenvalue weighted by atomic mass is 9.70. The zero-order chi connectivity index (χ0) is 32.8. The highest BCUT2D eigenvalue weighted by molar-refractivity contribution is 9.10. The minimum absolute atomic E-state index is 0.143. The molecule has 15 heteroatoms. The van der Waals surface area contributed by atoms with Gasteiger partial charge in [0.1, 0.15) is 0 Å². The quantitative estimate of drug-likeness (QED) is 0.251. The van der Waals surface area contributed by atoms with E-state index in [0.29, 0.717) is 30.7 Å². The number of piperidine rings is 2. The van der Waals surface area contributed by atoms with Gasteiger partial charge in [-0.25, -0.2) is 0 Å². The van der Waals surface area contributed by atoms with Crippen molar-refractivity contribution < 1.29 is 26.3 Å². The second kappa shape index (κ2) is 13.0. The van der Waals surface area contributed by atoms with Crippen molar-refractivity contribution in [2.45, 2.75) is 98.7 Å². The molecule has 6 rings (SSSR count). The van der Waals surface area contributed by atoms with Crippen LogP contribution in [-0.2, 0) is 10.8 Å². The summed E-state index contributed by atoms with van der Waals surface area (Å²) in [7, 11) is 0. The fourth-order valence-electron chi connectivity index (χ4n) is 7.93. The lowest BCUT2D eigenvalue weighted by molar-refractivity contribution is -0.157. The number of rotatable bonds is 5. The van der Waals surface area contributed by atoms with Gasteiger partial charge in [0.2, 0.25) is 0 Å². The van der Waals surface area contributed by atoms with Gasteiger partial charge in [0.25, 0.3) is 0 Å². The predicted octanol–water partition coefficient (Wildman–Crippen LogP) is 7.35. The molecule has 0 aliphatic carbocycles. The fraction of sp³-hybridized carbons (Fsp3) is 0.600. The molecule has 4 fully saturated rings. The molecule has 0 saturated carbocycles. The first-order valence-corrected chi connectivity index (χ1v) is 16.6. The Morgan fingerprint density at radius 3 is 1.58 bits per heavy atom. The summed E-state index contributed by atoms with van der Waals surface area (Å²) in [6, 6.07) is 5.51. The number of pyridine rings is 2. The van der Waals surface area contributed by atoms with Crippen LogP contribution in [0.15, 0.2) is 45.9 Å². The summed E-state index contributed by atoms with van der Waals surface area (Å²) < 4.78 is 78.3. The number of halogens is 8. The van der Waals surface area contributed by atoms with E-state index >= 15 is 0 Å². The van der Waals surface area contributed by atoms with Gasteiger partial charge >= 0.3 is 12.4 Å². The van der Waals surface area contributed by atoms with Gasteiger partial charge in [0.05, 0.1) is 29.6 Å². The van der Waals surface area contributed by atoms with Gasteiger partial charge in [-0.3, -0.25) is 19.8 Å². The monoisotopic (exact) mass is 780 g/mol. The first-order valence-electron chi connectivity index (χ1n) is 14.6.